The molecule has 0 atom stereocenters. The first-order chi connectivity index (χ1) is 9.00. The predicted octanol–water partition coefficient (Wildman–Crippen LogP) is 1.62. The molecule has 0 aliphatic carbocycles. The lowest BCUT2D eigenvalue weighted by Crippen LogP contribution is -2.42. The molecule has 6 nitrogen and oxygen atoms in total. The summed E-state index contributed by atoms with van der Waals surface area (Å²) < 4.78 is 16.4. The van der Waals surface area contributed by atoms with Crippen molar-refractivity contribution in [2.75, 3.05) is 19.8 Å². The molecule has 1 fully saturated rings. The van der Waals surface area contributed by atoms with Gasteiger partial charge in [0.1, 0.15) is 23.7 Å². The lowest BCUT2D eigenvalue weighted by atomic mass is 10.2. The molecule has 0 bridgehead atoms. The molecule has 1 aromatic carbocycles. The van der Waals surface area contributed by atoms with E-state index in [1.807, 2.05) is 0 Å². The second kappa shape index (κ2) is 5.46. The number of rotatable bonds is 4. The van der Waals surface area contributed by atoms with E-state index >= 15 is 0 Å². The number of ether oxygens (including phenoxy) is 3. The number of carboxylic acid groups (broad SMARTS) is 1. The van der Waals surface area contributed by atoms with E-state index in [1.54, 1.807) is 6.92 Å². The molecular weight excluding hydrogens is 252 g/mol. The molecule has 2 N–H and O–H groups in total. The Morgan fingerprint density at radius 1 is 1.42 bits per heavy atom. The first kappa shape index (κ1) is 13.6. The monoisotopic (exact) mass is 268 g/mol. The number of carbonyl (C=O) groups is 1. The van der Waals surface area contributed by atoms with Gasteiger partial charge < -0.3 is 24.4 Å². The zero-order chi connectivity index (χ0) is 13.9. The molecule has 1 aromatic rings. The van der Waals surface area contributed by atoms with E-state index in [0.29, 0.717) is 19.0 Å². The lowest BCUT2D eigenvalue weighted by molar-refractivity contribution is -0.267. The van der Waals surface area contributed by atoms with Crippen LogP contribution in [-0.2, 0) is 9.47 Å². The Balaban J connectivity index is 2.03. The average molecular weight is 268 g/mol. The van der Waals surface area contributed by atoms with E-state index in [0.717, 1.165) is 6.42 Å². The summed E-state index contributed by atoms with van der Waals surface area (Å²) in [6.45, 7) is 3.13. The minimum Gasteiger partial charge on any atom is -0.507 e. The van der Waals surface area contributed by atoms with Crippen molar-refractivity contribution in [3.8, 4) is 11.5 Å². The molecule has 1 aliphatic heterocycles. The molecule has 0 radical (unpaired) electrons. The molecule has 104 valence electrons. The Bertz CT molecular complexity index is 464. The van der Waals surface area contributed by atoms with Crippen molar-refractivity contribution in [3.63, 3.8) is 0 Å². The quantitative estimate of drug-likeness (QED) is 0.863. The van der Waals surface area contributed by atoms with Crippen LogP contribution < -0.4 is 4.74 Å². The topological polar surface area (TPSA) is 85.2 Å². The van der Waals surface area contributed by atoms with Crippen LogP contribution in [0.1, 0.15) is 23.7 Å². The number of phenols is 1. The van der Waals surface area contributed by atoms with Gasteiger partial charge in [-0.05, 0) is 31.5 Å². The maximum atomic E-state index is 10.9. The van der Waals surface area contributed by atoms with Crippen LogP contribution in [0.2, 0.25) is 0 Å². The Kier molecular flexibility index (Phi) is 3.92. The van der Waals surface area contributed by atoms with Crippen LogP contribution in [0.15, 0.2) is 18.2 Å². The first-order valence-electron chi connectivity index (χ1n) is 5.97. The first-order valence-corrected chi connectivity index (χ1v) is 5.97. The molecule has 2 rings (SSSR count). The summed E-state index contributed by atoms with van der Waals surface area (Å²) in [5, 5.41) is 18.3. The fraction of sp³-hybridized carbons (Fsp3) is 0.462. The Labute approximate surface area is 110 Å². The van der Waals surface area contributed by atoms with Crippen LogP contribution in [0.5, 0.6) is 11.5 Å². The van der Waals surface area contributed by atoms with E-state index in [1.165, 1.54) is 18.2 Å². The van der Waals surface area contributed by atoms with Gasteiger partial charge in [-0.25, -0.2) is 4.79 Å². The summed E-state index contributed by atoms with van der Waals surface area (Å²) in [7, 11) is 0. The predicted molar refractivity (Wildman–Crippen MR) is 65.5 cm³/mol. The molecule has 0 amide bonds. The van der Waals surface area contributed by atoms with E-state index in [2.05, 4.69) is 0 Å². The van der Waals surface area contributed by atoms with E-state index in [4.69, 9.17) is 19.3 Å². The molecule has 0 saturated carbocycles. The largest absolute Gasteiger partial charge is 0.507 e. The van der Waals surface area contributed by atoms with Gasteiger partial charge >= 0.3 is 5.97 Å². The van der Waals surface area contributed by atoms with Crippen LogP contribution >= 0.6 is 0 Å². The third-order valence-corrected chi connectivity index (χ3v) is 2.80. The third kappa shape index (κ3) is 3.36. The Morgan fingerprint density at radius 2 is 2.11 bits per heavy atom. The van der Waals surface area contributed by atoms with Gasteiger partial charge in [-0.2, -0.15) is 0 Å². The maximum absolute atomic E-state index is 10.9. The lowest BCUT2D eigenvalue weighted by Gasteiger charge is -2.33. The molecular formula is C13H16O6. The number of benzene rings is 1. The highest BCUT2D eigenvalue weighted by atomic mass is 16.7. The van der Waals surface area contributed by atoms with Crippen molar-refractivity contribution in [2.45, 2.75) is 19.1 Å². The molecule has 1 aliphatic rings. The van der Waals surface area contributed by atoms with Crippen molar-refractivity contribution < 1.29 is 29.2 Å². The van der Waals surface area contributed by atoms with E-state index in [9.17, 15) is 9.90 Å². The summed E-state index contributed by atoms with van der Waals surface area (Å²) in [6.07, 6.45) is 0.845. The van der Waals surface area contributed by atoms with Crippen molar-refractivity contribution in [1.82, 2.24) is 0 Å². The van der Waals surface area contributed by atoms with Gasteiger partial charge in [0.05, 0.1) is 13.2 Å². The fourth-order valence-electron chi connectivity index (χ4n) is 1.75. The highest BCUT2D eigenvalue weighted by molar-refractivity contribution is 5.91. The Morgan fingerprint density at radius 3 is 2.74 bits per heavy atom. The summed E-state index contributed by atoms with van der Waals surface area (Å²) in [4.78, 5) is 10.9. The standard InChI is InChI=1S/C13H16O6/c1-13(18-5-2-6-19-13)8-17-9-3-4-11(14)10(7-9)12(15)16/h3-4,7,14H,2,5-6,8H2,1H3,(H,15,16). The van der Waals surface area contributed by atoms with E-state index < -0.39 is 11.8 Å². The van der Waals surface area contributed by atoms with Crippen molar-refractivity contribution >= 4 is 5.97 Å². The van der Waals surface area contributed by atoms with Crippen LogP contribution in [0.4, 0.5) is 0 Å². The number of aromatic hydroxyl groups is 1. The van der Waals surface area contributed by atoms with Gasteiger partial charge in [0.15, 0.2) is 5.79 Å². The number of aromatic carboxylic acids is 1. The smallest absolute Gasteiger partial charge is 0.339 e. The molecule has 0 spiro atoms. The van der Waals surface area contributed by atoms with Crippen molar-refractivity contribution in [3.05, 3.63) is 23.8 Å². The zero-order valence-corrected chi connectivity index (χ0v) is 10.6. The molecule has 6 heteroatoms. The summed E-state index contributed by atoms with van der Waals surface area (Å²) in [5.74, 6) is -1.98. The summed E-state index contributed by atoms with van der Waals surface area (Å²) in [5.41, 5.74) is -0.201. The normalized spacial score (nSPS) is 17.9. The molecule has 1 heterocycles. The minimum absolute atomic E-state index is 0.150. The maximum Gasteiger partial charge on any atom is 0.339 e. The zero-order valence-electron chi connectivity index (χ0n) is 10.6. The highest BCUT2D eigenvalue weighted by Gasteiger charge is 2.30. The number of hydrogen-bond donors (Lipinski definition) is 2. The third-order valence-electron chi connectivity index (χ3n) is 2.80. The van der Waals surface area contributed by atoms with Crippen LogP contribution in [0, 0.1) is 0 Å². The second-order valence-corrected chi connectivity index (χ2v) is 4.46. The van der Waals surface area contributed by atoms with Crippen LogP contribution in [-0.4, -0.2) is 41.8 Å². The van der Waals surface area contributed by atoms with Crippen LogP contribution in [0.3, 0.4) is 0 Å². The van der Waals surface area contributed by atoms with Gasteiger partial charge in [0, 0.05) is 0 Å². The Hall–Kier alpha value is -1.79. The van der Waals surface area contributed by atoms with E-state index in [-0.39, 0.29) is 17.9 Å². The van der Waals surface area contributed by atoms with Gasteiger partial charge in [0.2, 0.25) is 0 Å². The molecule has 0 aromatic heterocycles. The highest BCUT2D eigenvalue weighted by Crippen LogP contribution is 2.25. The molecule has 1 saturated heterocycles. The summed E-state index contributed by atoms with van der Waals surface area (Å²) >= 11 is 0. The average Bonchev–Trinajstić information content (AvgIpc) is 2.38. The minimum atomic E-state index is -1.21. The molecule has 0 unspecified atom stereocenters. The summed E-state index contributed by atoms with van der Waals surface area (Å²) in [6, 6.07) is 4.04. The van der Waals surface area contributed by atoms with Crippen LogP contribution in [0.25, 0.3) is 0 Å². The fourth-order valence-corrected chi connectivity index (χ4v) is 1.75. The van der Waals surface area contributed by atoms with Crippen molar-refractivity contribution in [2.24, 2.45) is 0 Å². The molecule has 19 heavy (non-hydrogen) atoms. The van der Waals surface area contributed by atoms with Crippen molar-refractivity contribution in [1.29, 1.82) is 0 Å². The van der Waals surface area contributed by atoms with Gasteiger partial charge in [-0.15, -0.1) is 0 Å². The SMILES string of the molecule is CC1(COc2ccc(O)c(C(=O)O)c2)OCCCO1. The van der Waals surface area contributed by atoms with Gasteiger partial charge in [0.25, 0.3) is 0 Å². The number of carboxylic acids is 1. The second-order valence-electron chi connectivity index (χ2n) is 4.46. The van der Waals surface area contributed by atoms with Gasteiger partial charge in [-0.1, -0.05) is 0 Å². The van der Waals surface area contributed by atoms with Gasteiger partial charge in [-0.3, -0.25) is 0 Å². The number of hydrogen-bond acceptors (Lipinski definition) is 5.